The molecule has 0 amide bonds. The second kappa shape index (κ2) is 12.9. The Morgan fingerprint density at radius 1 is 1.15 bits per heavy atom. The van der Waals surface area contributed by atoms with Crippen molar-refractivity contribution in [3.63, 3.8) is 0 Å². The van der Waals surface area contributed by atoms with E-state index in [9.17, 15) is 9.59 Å². The second-order valence-electron chi connectivity index (χ2n) is 11.2. The van der Waals surface area contributed by atoms with Crippen LogP contribution in [0.3, 0.4) is 0 Å². The molecule has 0 spiro atoms. The molecule has 1 saturated carbocycles. The van der Waals surface area contributed by atoms with Gasteiger partial charge in [-0.2, -0.15) is 0 Å². The minimum atomic E-state index is -1.55. The summed E-state index contributed by atoms with van der Waals surface area (Å²) in [4.78, 5) is 25.0. The maximum absolute atomic E-state index is 16.2. The highest BCUT2D eigenvalue weighted by atomic mass is 19.1. The molecule has 4 bridgehead atoms. The van der Waals surface area contributed by atoms with E-state index < -0.39 is 29.0 Å². The van der Waals surface area contributed by atoms with Crippen LogP contribution in [0.4, 0.5) is 4.39 Å². The number of benzene rings is 1. The highest BCUT2D eigenvalue weighted by molar-refractivity contribution is 5.83. The Morgan fingerprint density at radius 2 is 1.93 bits per heavy atom. The predicted molar refractivity (Wildman–Crippen MR) is 156 cm³/mol. The van der Waals surface area contributed by atoms with Gasteiger partial charge in [0.1, 0.15) is 11.6 Å². The Kier molecular flexibility index (Phi) is 9.57. The molecule has 1 aromatic carbocycles. The molecule has 220 valence electrons. The van der Waals surface area contributed by atoms with Gasteiger partial charge in [0, 0.05) is 12.5 Å². The van der Waals surface area contributed by atoms with E-state index in [1.54, 1.807) is 24.3 Å². The number of allylic oxidation sites excluding steroid dienone is 4. The average molecular weight is 565 g/mol. The molecule has 6 aliphatic carbocycles. The fourth-order valence-electron chi connectivity index (χ4n) is 6.06. The third-order valence-electron chi connectivity index (χ3n) is 8.38. The maximum atomic E-state index is 16.2. The molecule has 7 rings (SSSR count). The van der Waals surface area contributed by atoms with Gasteiger partial charge in [0.25, 0.3) is 0 Å². The van der Waals surface area contributed by atoms with E-state index in [1.165, 1.54) is 7.11 Å². The lowest BCUT2D eigenvalue weighted by Gasteiger charge is -2.54. The number of rotatable bonds is 13. The van der Waals surface area contributed by atoms with Crippen molar-refractivity contribution in [2.45, 2.75) is 82.8 Å². The van der Waals surface area contributed by atoms with Crippen molar-refractivity contribution in [3.05, 3.63) is 84.5 Å². The number of hydrogen-bond acceptors (Lipinski definition) is 6. The molecule has 0 aromatic heterocycles. The van der Waals surface area contributed by atoms with E-state index in [2.05, 4.69) is 26.2 Å². The summed E-state index contributed by atoms with van der Waals surface area (Å²) >= 11 is 0. The molecule has 4 atom stereocenters. The van der Waals surface area contributed by atoms with Gasteiger partial charge in [0.05, 0.1) is 7.11 Å². The standard InChI is InChI=1S/C34H41FO6/c1-6-8-9-10-27(23(3)4)40-33-18-15-25(16-19-33)26-17-20-34(33,30(35)22-26)41-32(37)14-12-24-11-13-28(29(21-24)38-5)39-31(36)7-2/h7,10-11,13,15,18,21-22,25-26H,2-3,6,8-9,12,14,16-17,19-20H2,1,4-5H3/b27-10-/t25?,26?,33-,34?/m0/s1. The fraction of sp³-hybridized carbons (Fsp3) is 0.471. The Morgan fingerprint density at radius 3 is 2.56 bits per heavy atom. The number of halogens is 1. The van der Waals surface area contributed by atoms with E-state index in [0.717, 1.165) is 42.9 Å². The molecule has 0 radical (unpaired) electrons. The van der Waals surface area contributed by atoms with Crippen molar-refractivity contribution < 1.29 is 32.9 Å². The van der Waals surface area contributed by atoms with Crippen molar-refractivity contribution in [2.75, 3.05) is 7.11 Å². The van der Waals surface area contributed by atoms with Crippen LogP contribution in [0.15, 0.2) is 78.9 Å². The van der Waals surface area contributed by atoms with E-state index in [4.69, 9.17) is 18.9 Å². The topological polar surface area (TPSA) is 71.1 Å². The van der Waals surface area contributed by atoms with Crippen LogP contribution in [-0.2, 0) is 25.5 Å². The highest BCUT2D eigenvalue weighted by Crippen LogP contribution is 2.56. The third-order valence-corrected chi connectivity index (χ3v) is 8.38. The molecule has 1 fully saturated rings. The molecule has 1 aromatic rings. The summed E-state index contributed by atoms with van der Waals surface area (Å²) in [7, 11) is 1.47. The number of ether oxygens (including phenoxy) is 4. The van der Waals surface area contributed by atoms with E-state index >= 15 is 4.39 Å². The number of carbonyl (C=O) groups excluding carboxylic acids is 2. The van der Waals surface area contributed by atoms with E-state index in [0.29, 0.717) is 37.2 Å². The number of hydrogen-bond donors (Lipinski definition) is 0. The lowest BCUT2D eigenvalue weighted by molar-refractivity contribution is -0.195. The molecule has 0 aliphatic heterocycles. The lowest BCUT2D eigenvalue weighted by Crippen LogP contribution is -2.61. The summed E-state index contributed by atoms with van der Waals surface area (Å²) < 4.78 is 39.7. The van der Waals surface area contributed by atoms with Gasteiger partial charge in [0.15, 0.2) is 17.1 Å². The van der Waals surface area contributed by atoms with Crippen LogP contribution in [0.2, 0.25) is 0 Å². The first kappa shape index (κ1) is 30.4. The summed E-state index contributed by atoms with van der Waals surface area (Å²) in [5, 5.41) is 0. The maximum Gasteiger partial charge on any atom is 0.335 e. The number of esters is 2. The summed E-state index contributed by atoms with van der Waals surface area (Å²) in [6, 6.07) is 5.05. The van der Waals surface area contributed by atoms with Crippen LogP contribution in [0, 0.1) is 11.8 Å². The van der Waals surface area contributed by atoms with Crippen LogP contribution in [0.25, 0.3) is 0 Å². The van der Waals surface area contributed by atoms with E-state index in [-0.39, 0.29) is 24.0 Å². The third kappa shape index (κ3) is 6.34. The first-order valence-electron chi connectivity index (χ1n) is 14.5. The first-order valence-corrected chi connectivity index (χ1v) is 14.5. The minimum Gasteiger partial charge on any atom is -0.493 e. The monoisotopic (exact) mass is 564 g/mol. The Hall–Kier alpha value is -3.61. The molecule has 0 N–H and O–H groups in total. The summed E-state index contributed by atoms with van der Waals surface area (Å²) in [6.07, 6.45) is 14.4. The molecule has 41 heavy (non-hydrogen) atoms. The van der Waals surface area contributed by atoms with Crippen LogP contribution in [0.5, 0.6) is 11.5 Å². The summed E-state index contributed by atoms with van der Waals surface area (Å²) in [5.74, 6) is 0.0101. The molecular formula is C34H41FO6. The Balaban J connectivity index is 1.58. The molecule has 0 heterocycles. The van der Waals surface area contributed by atoms with Crippen molar-refractivity contribution in [2.24, 2.45) is 11.8 Å². The number of aryl methyl sites for hydroxylation is 1. The minimum absolute atomic E-state index is 0.0233. The van der Waals surface area contributed by atoms with Crippen LogP contribution >= 0.6 is 0 Å². The zero-order chi connectivity index (χ0) is 29.6. The zero-order valence-electron chi connectivity index (χ0n) is 24.4. The molecule has 7 heteroatoms. The van der Waals surface area contributed by atoms with Crippen molar-refractivity contribution in [1.82, 2.24) is 0 Å². The normalized spacial score (nSPS) is 26.4. The van der Waals surface area contributed by atoms with Crippen LogP contribution < -0.4 is 9.47 Å². The molecule has 3 unspecified atom stereocenters. The number of carbonyl (C=O) groups is 2. The van der Waals surface area contributed by atoms with Crippen LogP contribution in [-0.4, -0.2) is 30.3 Å². The van der Waals surface area contributed by atoms with E-state index in [1.807, 2.05) is 19.1 Å². The van der Waals surface area contributed by atoms with Gasteiger partial charge in [-0.15, -0.1) is 0 Å². The van der Waals surface area contributed by atoms with Gasteiger partial charge < -0.3 is 18.9 Å². The largest absolute Gasteiger partial charge is 0.493 e. The lowest BCUT2D eigenvalue weighted by atomic mass is 9.61. The van der Waals surface area contributed by atoms with Crippen molar-refractivity contribution in [3.8, 4) is 11.5 Å². The first-order chi connectivity index (χ1) is 19.7. The van der Waals surface area contributed by atoms with Gasteiger partial charge in [-0.05, 0) is 105 Å². The summed E-state index contributed by atoms with van der Waals surface area (Å²) in [5.41, 5.74) is -1.19. The Labute approximate surface area is 242 Å². The number of methoxy groups -OCH3 is 1. The van der Waals surface area contributed by atoms with Crippen LogP contribution in [0.1, 0.15) is 70.8 Å². The van der Waals surface area contributed by atoms with Gasteiger partial charge in [-0.25, -0.2) is 9.18 Å². The molecule has 6 nitrogen and oxygen atoms in total. The van der Waals surface area contributed by atoms with Gasteiger partial charge in [-0.1, -0.05) is 38.6 Å². The second-order valence-corrected chi connectivity index (χ2v) is 11.2. The Bertz CT molecular complexity index is 1280. The predicted octanol–water partition coefficient (Wildman–Crippen LogP) is 7.65. The quantitative estimate of drug-likeness (QED) is 0.0466. The molecular weight excluding hydrogens is 523 g/mol. The van der Waals surface area contributed by atoms with Crippen molar-refractivity contribution >= 4 is 11.9 Å². The molecule has 0 saturated heterocycles. The summed E-state index contributed by atoms with van der Waals surface area (Å²) in [6.45, 7) is 11.5. The van der Waals surface area contributed by atoms with Crippen molar-refractivity contribution in [1.29, 1.82) is 0 Å². The van der Waals surface area contributed by atoms with Gasteiger partial charge in [0.2, 0.25) is 5.60 Å². The molecule has 6 aliphatic rings. The zero-order valence-corrected chi connectivity index (χ0v) is 24.4. The number of unbranched alkanes of at least 4 members (excludes halogenated alkanes) is 2. The fourth-order valence-corrected chi connectivity index (χ4v) is 6.06. The average Bonchev–Trinajstić information content (AvgIpc) is 2.96. The highest BCUT2D eigenvalue weighted by Gasteiger charge is 2.62. The SMILES string of the molecule is C=CC(=O)Oc1ccc(CCC(=O)OC23CCC(C=C2F)C2C=C[C@]3(O/C(=C\CCCC)C(=C)C)CC2)cc1OC. The van der Waals surface area contributed by atoms with Gasteiger partial charge in [-0.3, -0.25) is 4.79 Å². The van der Waals surface area contributed by atoms with Gasteiger partial charge >= 0.3 is 11.9 Å². The smallest absolute Gasteiger partial charge is 0.335 e.